The third kappa shape index (κ3) is 7.00. The fourth-order valence-corrected chi connectivity index (χ4v) is 7.64. The molecule has 12 heteroatoms. The zero-order chi connectivity index (χ0) is 39.8. The molecule has 2 aliphatic rings. The number of aromatic amines is 1. The van der Waals surface area contributed by atoms with Crippen molar-refractivity contribution in [3.63, 3.8) is 0 Å². The van der Waals surface area contributed by atoms with Gasteiger partial charge in [-0.15, -0.1) is 0 Å². The molecule has 284 valence electrons. The number of H-pyrrole nitrogens is 1. The molecule has 1 fully saturated rings. The topological polar surface area (TPSA) is 166 Å². The summed E-state index contributed by atoms with van der Waals surface area (Å²) in [5.74, 6) is 4.92. The highest BCUT2D eigenvalue weighted by Gasteiger charge is 2.39. The average molecular weight is 758 g/mol. The molecule has 6 aromatic rings. The van der Waals surface area contributed by atoms with Gasteiger partial charge >= 0.3 is 0 Å². The van der Waals surface area contributed by atoms with E-state index in [4.69, 9.17) is 4.98 Å². The van der Waals surface area contributed by atoms with Crippen LogP contribution in [0, 0.1) is 11.8 Å². The molecule has 0 bridgehead atoms. The van der Waals surface area contributed by atoms with Crippen LogP contribution in [0.5, 0.6) is 0 Å². The monoisotopic (exact) mass is 757 g/mol. The lowest BCUT2D eigenvalue weighted by Gasteiger charge is -2.29. The Morgan fingerprint density at radius 3 is 2.53 bits per heavy atom. The molecule has 8 rings (SSSR count). The van der Waals surface area contributed by atoms with Crippen LogP contribution in [0.4, 0.5) is 0 Å². The standard InChI is InChI=1S/C45H39N7O5/c1-25(2)32-18-29(19-33-35(42(54)46-3)23-50-41(32)33)30-11-7-10-27-20-38(49-22-34(27)30)28-13-14-37(48-21-28)43(55)47-17-5-4-8-26-9-6-12-31-36(26)24-52(45(31)57)39-15-16-40(53)51-44(39)56/h6-7,9-14,18-23,25,39,50H,5,15-17,24H2,1-3H3,(H,46,54)(H,47,55)(H,51,53,56). The fourth-order valence-electron chi connectivity index (χ4n) is 7.64. The van der Waals surface area contributed by atoms with Crippen LogP contribution < -0.4 is 16.0 Å². The van der Waals surface area contributed by atoms with Crippen LogP contribution in [0.15, 0.2) is 85.3 Å². The van der Waals surface area contributed by atoms with Crippen molar-refractivity contribution in [3.8, 4) is 34.2 Å². The van der Waals surface area contributed by atoms with E-state index in [0.717, 1.165) is 55.2 Å². The number of fused-ring (bicyclic) bond motifs is 3. The molecule has 57 heavy (non-hydrogen) atoms. The number of hydrogen-bond acceptors (Lipinski definition) is 7. The Balaban J connectivity index is 0.927. The molecular formula is C45H39N7O5. The van der Waals surface area contributed by atoms with Gasteiger partial charge in [0.25, 0.3) is 17.7 Å². The molecule has 1 unspecified atom stereocenters. The van der Waals surface area contributed by atoms with E-state index < -0.39 is 11.9 Å². The molecule has 2 aliphatic heterocycles. The normalized spacial score (nSPS) is 15.1. The highest BCUT2D eigenvalue weighted by Crippen LogP contribution is 2.37. The van der Waals surface area contributed by atoms with Crippen molar-refractivity contribution in [2.24, 2.45) is 0 Å². The van der Waals surface area contributed by atoms with Crippen LogP contribution in [0.25, 0.3) is 44.1 Å². The smallest absolute Gasteiger partial charge is 0.269 e. The van der Waals surface area contributed by atoms with Gasteiger partial charge in [-0.25, -0.2) is 0 Å². The van der Waals surface area contributed by atoms with Crippen LogP contribution in [-0.2, 0) is 16.1 Å². The molecule has 5 amide bonds. The Hall–Kier alpha value is -7.13. The number of amides is 5. The maximum Gasteiger partial charge on any atom is 0.269 e. The Kier molecular flexibility index (Phi) is 9.81. The lowest BCUT2D eigenvalue weighted by molar-refractivity contribution is -0.136. The number of imide groups is 1. The van der Waals surface area contributed by atoms with Crippen LogP contribution in [-0.4, -0.2) is 69.0 Å². The minimum atomic E-state index is -0.693. The van der Waals surface area contributed by atoms with E-state index in [1.807, 2.05) is 36.5 Å². The summed E-state index contributed by atoms with van der Waals surface area (Å²) in [6.07, 6.45) is 6.11. The molecule has 0 spiro atoms. The second kappa shape index (κ2) is 15.2. The van der Waals surface area contributed by atoms with Gasteiger partial charge in [0.2, 0.25) is 11.8 Å². The number of aromatic nitrogens is 3. The van der Waals surface area contributed by atoms with E-state index in [0.29, 0.717) is 36.1 Å². The van der Waals surface area contributed by atoms with Gasteiger partial charge in [-0.2, -0.15) is 0 Å². The highest BCUT2D eigenvalue weighted by atomic mass is 16.2. The maximum atomic E-state index is 13.1. The summed E-state index contributed by atoms with van der Waals surface area (Å²) >= 11 is 0. The predicted molar refractivity (Wildman–Crippen MR) is 216 cm³/mol. The van der Waals surface area contributed by atoms with Crippen molar-refractivity contribution >= 4 is 51.2 Å². The van der Waals surface area contributed by atoms with Crippen LogP contribution in [0.1, 0.15) is 86.9 Å². The van der Waals surface area contributed by atoms with Crippen molar-refractivity contribution in [2.75, 3.05) is 13.6 Å². The van der Waals surface area contributed by atoms with E-state index in [1.54, 1.807) is 37.6 Å². The van der Waals surface area contributed by atoms with Crippen molar-refractivity contribution in [2.45, 2.75) is 51.6 Å². The summed E-state index contributed by atoms with van der Waals surface area (Å²) < 4.78 is 0. The van der Waals surface area contributed by atoms with Crippen molar-refractivity contribution < 1.29 is 24.0 Å². The molecule has 0 saturated carbocycles. The number of benzene rings is 3. The molecular weight excluding hydrogens is 719 g/mol. The van der Waals surface area contributed by atoms with Gasteiger partial charge in [-0.3, -0.25) is 39.3 Å². The van der Waals surface area contributed by atoms with E-state index in [9.17, 15) is 24.0 Å². The molecule has 3 aromatic carbocycles. The third-order valence-electron chi connectivity index (χ3n) is 10.6. The first-order valence-corrected chi connectivity index (χ1v) is 18.9. The van der Waals surface area contributed by atoms with Gasteiger partial charge in [-0.1, -0.05) is 50.0 Å². The second-order valence-electron chi connectivity index (χ2n) is 14.5. The van der Waals surface area contributed by atoms with Gasteiger partial charge in [0.15, 0.2) is 0 Å². The largest absolute Gasteiger partial charge is 0.360 e. The molecule has 1 atom stereocenters. The molecule has 5 heterocycles. The average Bonchev–Trinajstić information content (AvgIpc) is 3.80. The fraction of sp³-hybridized carbons (Fsp3) is 0.222. The quantitative estimate of drug-likeness (QED) is 0.0858. The minimum Gasteiger partial charge on any atom is -0.360 e. The summed E-state index contributed by atoms with van der Waals surface area (Å²) in [5.41, 5.74) is 8.37. The summed E-state index contributed by atoms with van der Waals surface area (Å²) in [5, 5.41) is 10.8. The zero-order valence-corrected chi connectivity index (χ0v) is 31.7. The number of hydrogen-bond donors (Lipinski definition) is 4. The van der Waals surface area contributed by atoms with E-state index in [2.05, 4.69) is 69.8 Å². The third-order valence-corrected chi connectivity index (χ3v) is 10.6. The first-order chi connectivity index (χ1) is 27.6. The van der Waals surface area contributed by atoms with Gasteiger partial charge in [0, 0.05) is 84.5 Å². The number of nitrogens with one attached hydrogen (secondary N) is 4. The lowest BCUT2D eigenvalue weighted by Crippen LogP contribution is -2.52. The van der Waals surface area contributed by atoms with E-state index >= 15 is 0 Å². The van der Waals surface area contributed by atoms with Gasteiger partial charge < -0.3 is 20.5 Å². The van der Waals surface area contributed by atoms with E-state index in [-0.39, 0.29) is 48.2 Å². The Labute approximate surface area is 328 Å². The molecule has 0 aliphatic carbocycles. The molecule has 1 saturated heterocycles. The summed E-state index contributed by atoms with van der Waals surface area (Å²) in [6, 6.07) is 20.5. The predicted octanol–water partition coefficient (Wildman–Crippen LogP) is 5.86. The minimum absolute atomic E-state index is 0.144. The summed E-state index contributed by atoms with van der Waals surface area (Å²) in [7, 11) is 1.63. The van der Waals surface area contributed by atoms with Crippen LogP contribution in [0.3, 0.4) is 0 Å². The Bertz CT molecular complexity index is 2700. The van der Waals surface area contributed by atoms with Gasteiger partial charge in [-0.05, 0) is 82.4 Å². The van der Waals surface area contributed by atoms with Crippen LogP contribution in [0.2, 0.25) is 0 Å². The van der Waals surface area contributed by atoms with E-state index in [1.165, 1.54) is 4.90 Å². The zero-order valence-electron chi connectivity index (χ0n) is 31.7. The molecule has 0 radical (unpaired) electrons. The Morgan fingerprint density at radius 2 is 1.75 bits per heavy atom. The highest BCUT2D eigenvalue weighted by molar-refractivity contribution is 6.10. The van der Waals surface area contributed by atoms with Crippen LogP contribution >= 0.6 is 0 Å². The molecule has 12 nitrogen and oxygen atoms in total. The first-order valence-electron chi connectivity index (χ1n) is 18.9. The molecule has 4 N–H and O–H groups in total. The molecule has 3 aromatic heterocycles. The maximum absolute atomic E-state index is 13.1. The van der Waals surface area contributed by atoms with Crippen molar-refractivity contribution in [3.05, 3.63) is 119 Å². The summed E-state index contributed by atoms with van der Waals surface area (Å²) in [4.78, 5) is 76.8. The van der Waals surface area contributed by atoms with Crippen molar-refractivity contribution in [1.82, 2.24) is 35.8 Å². The Morgan fingerprint density at radius 1 is 0.930 bits per heavy atom. The summed E-state index contributed by atoms with van der Waals surface area (Å²) in [6.45, 7) is 4.81. The first kappa shape index (κ1) is 36.8. The number of piperidine rings is 1. The number of carbonyl (C=O) groups excluding carboxylic acids is 5. The van der Waals surface area contributed by atoms with Gasteiger partial charge in [0.1, 0.15) is 11.7 Å². The lowest BCUT2D eigenvalue weighted by atomic mass is 9.91. The van der Waals surface area contributed by atoms with Gasteiger partial charge in [0.05, 0.1) is 11.3 Å². The second-order valence-corrected chi connectivity index (χ2v) is 14.5. The number of carbonyl (C=O) groups is 5. The number of rotatable bonds is 8. The number of pyridine rings is 2. The SMILES string of the molecule is CNC(=O)c1c[nH]c2c(C(C)C)cc(-c3cccc4cc(-c5ccc(C(=O)NCCC#Cc6cccc7c6CN(C6CCC(=O)NC6=O)C7=O)nc5)ncc34)cc12. The van der Waals surface area contributed by atoms with Crippen molar-refractivity contribution in [1.29, 1.82) is 0 Å². The number of nitrogens with zero attached hydrogens (tertiary/aromatic N) is 3.